The van der Waals surface area contributed by atoms with Crippen LogP contribution < -0.4 is 0 Å². The lowest BCUT2D eigenvalue weighted by Crippen LogP contribution is -2.41. The maximum absolute atomic E-state index is 6.11. The van der Waals surface area contributed by atoms with Gasteiger partial charge in [0.1, 0.15) is 0 Å². The average molecular weight is 210 g/mol. The molecule has 1 rings (SSSR count). The van der Waals surface area contributed by atoms with Crippen LogP contribution in [0.4, 0.5) is 0 Å². The highest BCUT2D eigenvalue weighted by atomic mass is 28.4. The molecule has 1 aliphatic rings. The van der Waals surface area contributed by atoms with Gasteiger partial charge in [-0.15, -0.1) is 0 Å². The predicted molar refractivity (Wildman–Crippen MR) is 65.0 cm³/mol. The number of hydrogen-bond acceptors (Lipinski definition) is 1. The van der Waals surface area contributed by atoms with Crippen molar-refractivity contribution in [2.24, 2.45) is 0 Å². The molecular weight excluding hydrogens is 188 g/mol. The zero-order valence-corrected chi connectivity index (χ0v) is 11.1. The molecule has 0 aromatic heterocycles. The topological polar surface area (TPSA) is 9.23 Å². The van der Waals surface area contributed by atoms with Crippen molar-refractivity contribution < 1.29 is 4.43 Å². The van der Waals surface area contributed by atoms with E-state index in [1.165, 1.54) is 5.57 Å². The van der Waals surface area contributed by atoms with Crippen molar-refractivity contribution in [2.45, 2.75) is 45.3 Å². The summed E-state index contributed by atoms with van der Waals surface area (Å²) in [6.45, 7) is 12.3. The summed E-state index contributed by atoms with van der Waals surface area (Å²) in [4.78, 5) is 0. The molecule has 14 heavy (non-hydrogen) atoms. The normalized spacial score (nSPS) is 17.4. The average Bonchev–Trinajstić information content (AvgIpc) is 2.50. The maximum atomic E-state index is 6.11. The first-order valence-electron chi connectivity index (χ1n) is 5.31. The van der Waals surface area contributed by atoms with E-state index in [9.17, 15) is 0 Å². The Morgan fingerprint density at radius 2 is 2.00 bits per heavy atom. The first kappa shape index (κ1) is 11.7. The van der Waals surface area contributed by atoms with E-state index < -0.39 is 8.32 Å². The maximum Gasteiger partial charge on any atom is 0.192 e. The van der Waals surface area contributed by atoms with E-state index in [-0.39, 0.29) is 0 Å². The Labute approximate surface area is 89.0 Å². The summed E-state index contributed by atoms with van der Waals surface area (Å²) in [5.74, 6) is 0. The second-order valence-corrected chi connectivity index (χ2v) is 10.3. The number of allylic oxidation sites excluding steroid dienone is 3. The fraction of sp³-hybridized carbons (Fsp3) is 0.667. The Kier molecular flexibility index (Phi) is 3.38. The van der Waals surface area contributed by atoms with Crippen molar-refractivity contribution in [3.05, 3.63) is 23.8 Å². The van der Waals surface area contributed by atoms with Gasteiger partial charge >= 0.3 is 0 Å². The van der Waals surface area contributed by atoms with Crippen LogP contribution in [0, 0.1) is 0 Å². The molecule has 0 N–H and O–H groups in total. The summed E-state index contributed by atoms with van der Waals surface area (Å²) in [6, 6.07) is 0. The van der Waals surface area contributed by atoms with E-state index in [0.717, 1.165) is 13.0 Å². The zero-order chi connectivity index (χ0) is 10.8. The van der Waals surface area contributed by atoms with Gasteiger partial charge in [-0.2, -0.15) is 0 Å². The van der Waals surface area contributed by atoms with Gasteiger partial charge < -0.3 is 4.43 Å². The largest absolute Gasteiger partial charge is 0.413 e. The first-order chi connectivity index (χ1) is 6.33. The first-order valence-corrected chi connectivity index (χ1v) is 8.22. The summed E-state index contributed by atoms with van der Waals surface area (Å²) in [5.41, 5.74) is 1.41. The molecule has 0 unspecified atom stereocenters. The van der Waals surface area contributed by atoms with E-state index in [1.807, 2.05) is 0 Å². The van der Waals surface area contributed by atoms with Gasteiger partial charge in [-0.3, -0.25) is 0 Å². The summed E-state index contributed by atoms with van der Waals surface area (Å²) in [6.07, 6.45) is 7.55. The second kappa shape index (κ2) is 4.03. The molecule has 2 heteroatoms. The van der Waals surface area contributed by atoms with E-state index in [0.29, 0.717) is 5.04 Å². The third-order valence-electron chi connectivity index (χ3n) is 3.27. The van der Waals surface area contributed by atoms with Gasteiger partial charge in [0.25, 0.3) is 0 Å². The molecule has 0 radical (unpaired) electrons. The molecule has 0 fully saturated rings. The molecule has 1 nitrogen and oxygen atoms in total. The lowest BCUT2D eigenvalue weighted by molar-refractivity contribution is 0.317. The van der Waals surface area contributed by atoms with E-state index in [1.54, 1.807) is 0 Å². The molecule has 0 saturated carbocycles. The standard InChI is InChI=1S/C12H22OSi/c1-12(2,3)14(4,5)13-10-11-8-6-7-9-11/h6-8H,9-10H2,1-5H3. The highest BCUT2D eigenvalue weighted by Crippen LogP contribution is 2.36. The van der Waals surface area contributed by atoms with Crippen molar-refractivity contribution >= 4 is 8.32 Å². The van der Waals surface area contributed by atoms with Gasteiger partial charge in [0.05, 0.1) is 6.61 Å². The molecule has 1 aliphatic carbocycles. The van der Waals surface area contributed by atoms with Crippen LogP contribution >= 0.6 is 0 Å². The van der Waals surface area contributed by atoms with Crippen molar-refractivity contribution in [3.63, 3.8) is 0 Å². The summed E-state index contributed by atoms with van der Waals surface area (Å²) < 4.78 is 6.11. The quantitative estimate of drug-likeness (QED) is 0.642. The van der Waals surface area contributed by atoms with Crippen molar-refractivity contribution in [2.75, 3.05) is 6.61 Å². The zero-order valence-electron chi connectivity index (χ0n) is 10.1. The minimum absolute atomic E-state index is 0.319. The molecule has 0 aliphatic heterocycles. The molecule has 0 spiro atoms. The summed E-state index contributed by atoms with van der Waals surface area (Å²) in [5, 5.41) is 0.319. The predicted octanol–water partition coefficient (Wildman–Crippen LogP) is 3.89. The van der Waals surface area contributed by atoms with Gasteiger partial charge in [0.2, 0.25) is 0 Å². The minimum atomic E-state index is -1.54. The van der Waals surface area contributed by atoms with Crippen LogP contribution in [-0.2, 0) is 4.43 Å². The van der Waals surface area contributed by atoms with Gasteiger partial charge in [0, 0.05) is 0 Å². The van der Waals surface area contributed by atoms with E-state index in [2.05, 4.69) is 52.1 Å². The van der Waals surface area contributed by atoms with Crippen LogP contribution in [-0.4, -0.2) is 14.9 Å². The van der Waals surface area contributed by atoms with Gasteiger partial charge in [0.15, 0.2) is 8.32 Å². The van der Waals surface area contributed by atoms with Crippen LogP contribution in [0.5, 0.6) is 0 Å². The molecular formula is C12H22OSi. The van der Waals surface area contributed by atoms with Crippen molar-refractivity contribution in [1.82, 2.24) is 0 Å². The fourth-order valence-electron chi connectivity index (χ4n) is 1.09. The third-order valence-corrected chi connectivity index (χ3v) is 7.75. The molecule has 0 bridgehead atoms. The SMILES string of the molecule is CC(C)(C)[Si](C)(C)OCC1=CC=CC1. The Balaban J connectivity index is 2.44. The van der Waals surface area contributed by atoms with Crippen molar-refractivity contribution in [3.8, 4) is 0 Å². The van der Waals surface area contributed by atoms with Crippen LogP contribution in [0.1, 0.15) is 27.2 Å². The molecule has 80 valence electrons. The summed E-state index contributed by atoms with van der Waals surface area (Å²) in [7, 11) is -1.54. The Morgan fingerprint density at radius 1 is 1.36 bits per heavy atom. The Bertz CT molecular complexity index is 256. The number of rotatable bonds is 3. The number of hydrogen-bond donors (Lipinski definition) is 0. The summed E-state index contributed by atoms with van der Waals surface area (Å²) >= 11 is 0. The molecule has 0 aromatic carbocycles. The fourth-order valence-corrected chi connectivity index (χ4v) is 2.07. The monoisotopic (exact) mass is 210 g/mol. The van der Waals surface area contributed by atoms with Crippen LogP contribution in [0.15, 0.2) is 23.8 Å². The van der Waals surface area contributed by atoms with Crippen LogP contribution in [0.25, 0.3) is 0 Å². The molecule has 0 saturated heterocycles. The molecule has 0 aromatic rings. The smallest absolute Gasteiger partial charge is 0.192 e. The van der Waals surface area contributed by atoms with Gasteiger partial charge in [-0.1, -0.05) is 39.0 Å². The molecule has 0 atom stereocenters. The molecule has 0 heterocycles. The Hall–Kier alpha value is -0.343. The highest BCUT2D eigenvalue weighted by molar-refractivity contribution is 6.74. The lowest BCUT2D eigenvalue weighted by Gasteiger charge is -2.36. The van der Waals surface area contributed by atoms with E-state index in [4.69, 9.17) is 4.43 Å². The van der Waals surface area contributed by atoms with Gasteiger partial charge in [-0.05, 0) is 30.1 Å². The highest BCUT2D eigenvalue weighted by Gasteiger charge is 2.37. The van der Waals surface area contributed by atoms with E-state index >= 15 is 0 Å². The minimum Gasteiger partial charge on any atom is -0.413 e. The molecule has 0 amide bonds. The second-order valence-electron chi connectivity index (χ2n) is 5.51. The Morgan fingerprint density at radius 3 is 2.43 bits per heavy atom. The van der Waals surface area contributed by atoms with Gasteiger partial charge in [-0.25, -0.2) is 0 Å². The lowest BCUT2D eigenvalue weighted by atomic mass is 10.2. The third kappa shape index (κ3) is 2.82. The van der Waals surface area contributed by atoms with Crippen LogP contribution in [0.3, 0.4) is 0 Å². The van der Waals surface area contributed by atoms with Crippen molar-refractivity contribution in [1.29, 1.82) is 0 Å². The van der Waals surface area contributed by atoms with Crippen LogP contribution in [0.2, 0.25) is 18.1 Å².